The molecular weight excluding hydrogens is 613 g/mol. The molecule has 4 aliphatic rings. The number of aliphatic hydroxyl groups is 1. The van der Waals surface area contributed by atoms with E-state index < -0.39 is 42.9 Å². The Morgan fingerprint density at radius 1 is 1.04 bits per heavy atom. The third-order valence-corrected chi connectivity index (χ3v) is 9.89. The quantitative estimate of drug-likeness (QED) is 0.286. The van der Waals surface area contributed by atoms with Crippen LogP contribution in [0, 0.1) is 0 Å². The fourth-order valence-electron chi connectivity index (χ4n) is 6.54. The highest BCUT2D eigenvalue weighted by Crippen LogP contribution is 2.59. The Bertz CT molecular complexity index is 1690. The minimum absolute atomic E-state index is 0.0567. The molecule has 0 aliphatic carbocycles. The number of likely N-dealkylation sites (tertiary alicyclic amines) is 1. The van der Waals surface area contributed by atoms with E-state index >= 15 is 0 Å². The van der Waals surface area contributed by atoms with Crippen molar-refractivity contribution in [1.29, 1.82) is 0 Å². The molecular formula is C29H32F2N6O7P+. The van der Waals surface area contributed by atoms with Crippen LogP contribution in [-0.2, 0) is 19.8 Å². The second-order valence-corrected chi connectivity index (χ2v) is 13.4. The fourth-order valence-corrected chi connectivity index (χ4v) is 7.01. The van der Waals surface area contributed by atoms with Crippen molar-refractivity contribution in [1.82, 2.24) is 15.1 Å². The lowest BCUT2D eigenvalue weighted by Crippen LogP contribution is -2.56. The number of benzene rings is 2. The van der Waals surface area contributed by atoms with Gasteiger partial charge in [0, 0.05) is 17.2 Å². The molecule has 16 heteroatoms. The average molecular weight is 646 g/mol. The molecule has 0 spiro atoms. The van der Waals surface area contributed by atoms with E-state index in [-0.39, 0.29) is 41.9 Å². The minimum Gasteiger partial charge on any atom is -0.383 e. The van der Waals surface area contributed by atoms with Gasteiger partial charge in [-0.3, -0.25) is 18.9 Å². The minimum atomic E-state index is -5.79. The Balaban J connectivity index is 1.21. The molecule has 0 radical (unpaired) electrons. The molecule has 6 rings (SSSR count). The lowest BCUT2D eigenvalue weighted by atomic mass is 9.98. The highest BCUT2D eigenvalue weighted by molar-refractivity contribution is 7.52. The Morgan fingerprint density at radius 2 is 1.80 bits per heavy atom. The van der Waals surface area contributed by atoms with Gasteiger partial charge < -0.3 is 30.0 Å². The number of nitrogens with zero attached hydrogens (tertiary/aromatic N) is 5. The summed E-state index contributed by atoms with van der Waals surface area (Å²) in [5.41, 5.74) is -4.72. The van der Waals surface area contributed by atoms with E-state index in [0.29, 0.717) is 36.8 Å². The monoisotopic (exact) mass is 645 g/mol. The van der Waals surface area contributed by atoms with Crippen LogP contribution in [0.2, 0.25) is 0 Å². The van der Waals surface area contributed by atoms with Gasteiger partial charge in [0.05, 0.1) is 18.2 Å². The van der Waals surface area contributed by atoms with Crippen molar-refractivity contribution in [2.45, 2.75) is 68.4 Å². The normalized spacial score (nSPS) is 27.2. The van der Waals surface area contributed by atoms with Gasteiger partial charge in [-0.2, -0.15) is 8.78 Å². The topological polar surface area (TPSA) is 175 Å². The molecule has 4 atom stereocenters. The summed E-state index contributed by atoms with van der Waals surface area (Å²) in [6, 6.07) is 5.59. The lowest BCUT2D eigenvalue weighted by molar-refractivity contribution is -0.467. The first-order valence-electron chi connectivity index (χ1n) is 14.6. The Morgan fingerprint density at radius 3 is 2.53 bits per heavy atom. The molecule has 3 saturated heterocycles. The third-order valence-electron chi connectivity index (χ3n) is 8.90. The number of fused-ring (bicyclic) bond motifs is 2. The predicted molar refractivity (Wildman–Crippen MR) is 155 cm³/mol. The average Bonchev–Trinajstić information content (AvgIpc) is 3.76. The van der Waals surface area contributed by atoms with Gasteiger partial charge in [-0.15, -0.1) is 4.68 Å². The van der Waals surface area contributed by atoms with E-state index in [9.17, 15) is 32.8 Å². The van der Waals surface area contributed by atoms with Crippen molar-refractivity contribution in [2.75, 3.05) is 13.1 Å². The highest BCUT2D eigenvalue weighted by Gasteiger charge is 2.50. The second-order valence-electron chi connectivity index (χ2n) is 11.7. The van der Waals surface area contributed by atoms with E-state index in [0.717, 1.165) is 25.0 Å². The molecule has 238 valence electrons. The molecule has 3 amide bonds. The summed E-state index contributed by atoms with van der Waals surface area (Å²) >= 11 is 0. The zero-order chi connectivity index (χ0) is 32.1. The Kier molecular flexibility index (Phi) is 8.14. The highest BCUT2D eigenvalue weighted by atomic mass is 31.2. The van der Waals surface area contributed by atoms with E-state index in [1.807, 2.05) is 0 Å². The summed E-state index contributed by atoms with van der Waals surface area (Å²) in [7, 11) is -5.79. The summed E-state index contributed by atoms with van der Waals surface area (Å²) in [4.78, 5) is 62.4. The number of alkyl halides is 2. The zero-order valence-corrected chi connectivity index (χ0v) is 24.9. The maximum Gasteiger partial charge on any atom is 0.399 e. The number of β-amino-alcohol motifs (C(OH)–C–C–N with tert-alkyl or cyclic N) is 1. The van der Waals surface area contributed by atoms with Gasteiger partial charge >= 0.3 is 13.3 Å². The summed E-state index contributed by atoms with van der Waals surface area (Å²) in [6.07, 6.45) is 5.74. The smallest absolute Gasteiger partial charge is 0.383 e. The first kappa shape index (κ1) is 31.1. The maximum absolute atomic E-state index is 14.3. The molecule has 0 aromatic heterocycles. The number of nitrogens with one attached hydrogen (secondary N) is 1. The molecule has 0 saturated carbocycles. The standard InChI is InChI=1S/C29H31F2N6O7P/c30-29(31,45(42,43)44)20-8-7-17-5-6-18(13-19(17)14-20)26(39)33-22-4-2-1-3-21-9-10-23(37(21)27(22)40)28(41)35-15-24(25(38)16-35)36-12-11-32-34-36/h5-8,11-14,21-23,25,38H,1-4,9-10,15-16H2,(H2-,33,39,42,43,44)/p+1/b36-24-/t21-,22-,23-,25+/m0/s1. The predicted octanol–water partition coefficient (Wildman–Crippen LogP) is 2.61. The first-order valence-corrected chi connectivity index (χ1v) is 16.3. The van der Waals surface area contributed by atoms with E-state index in [4.69, 9.17) is 9.79 Å². The molecule has 0 bridgehead atoms. The molecule has 4 N–H and O–H groups in total. The number of rotatable bonds is 5. The second kappa shape index (κ2) is 11.8. The van der Waals surface area contributed by atoms with Crippen LogP contribution in [-0.4, -0.2) is 90.1 Å². The number of aliphatic hydroxyl groups excluding tert-OH is 1. The van der Waals surface area contributed by atoms with Crippen LogP contribution in [0.25, 0.3) is 10.8 Å². The fraction of sp³-hybridized carbons (Fsp3) is 0.448. The number of hydrogen-bond acceptors (Lipinski definition) is 7. The van der Waals surface area contributed by atoms with Crippen LogP contribution < -0.4 is 5.32 Å². The van der Waals surface area contributed by atoms with Crippen molar-refractivity contribution >= 4 is 41.8 Å². The van der Waals surface area contributed by atoms with Crippen molar-refractivity contribution in [3.8, 4) is 0 Å². The summed E-state index contributed by atoms with van der Waals surface area (Å²) in [5.74, 6) is -1.30. The van der Waals surface area contributed by atoms with Crippen LogP contribution in [0.15, 0.2) is 59.1 Å². The van der Waals surface area contributed by atoms with Gasteiger partial charge in [0.2, 0.25) is 18.0 Å². The van der Waals surface area contributed by atoms with Crippen molar-refractivity contribution in [2.24, 2.45) is 10.3 Å². The van der Waals surface area contributed by atoms with Crippen LogP contribution in [0.5, 0.6) is 0 Å². The maximum atomic E-state index is 14.3. The number of carbonyl (C=O) groups is 3. The Hall–Kier alpha value is -3.91. The van der Waals surface area contributed by atoms with Crippen molar-refractivity contribution in [3.05, 3.63) is 59.9 Å². The molecule has 4 heterocycles. The SMILES string of the molecule is O=C(N[C@H]1CCCC[C@H]2CC[C@@H](C(=O)N3C/C(=[N+]4\C=CN=N4)[C@H](O)C3)N2C1=O)c1ccc2ccc(C(F)(F)P(=O)(O)O)cc2c1. The van der Waals surface area contributed by atoms with Gasteiger partial charge in [0.25, 0.3) is 5.91 Å². The molecule has 2 aromatic rings. The molecule has 3 fully saturated rings. The van der Waals surface area contributed by atoms with Crippen LogP contribution in [0.4, 0.5) is 8.78 Å². The van der Waals surface area contributed by atoms with Crippen LogP contribution in [0.3, 0.4) is 0 Å². The lowest BCUT2D eigenvalue weighted by Gasteiger charge is -2.36. The van der Waals surface area contributed by atoms with Crippen molar-refractivity contribution in [3.63, 3.8) is 0 Å². The van der Waals surface area contributed by atoms with Crippen molar-refractivity contribution < 1.29 is 47.3 Å². The summed E-state index contributed by atoms with van der Waals surface area (Å²) in [6.45, 7) is 0.192. The molecule has 0 unspecified atom stereocenters. The van der Waals surface area contributed by atoms with Crippen LogP contribution in [0.1, 0.15) is 54.4 Å². The van der Waals surface area contributed by atoms with Gasteiger partial charge in [-0.05, 0) is 54.7 Å². The largest absolute Gasteiger partial charge is 0.399 e. The van der Waals surface area contributed by atoms with Gasteiger partial charge in [-0.25, -0.2) is 0 Å². The van der Waals surface area contributed by atoms with E-state index in [1.54, 1.807) is 11.1 Å². The van der Waals surface area contributed by atoms with Gasteiger partial charge in [0.15, 0.2) is 11.9 Å². The number of amides is 3. The summed E-state index contributed by atoms with van der Waals surface area (Å²) in [5, 5.41) is 21.6. The van der Waals surface area contributed by atoms with Gasteiger partial charge in [-0.1, -0.05) is 31.0 Å². The number of halogens is 2. The zero-order valence-electron chi connectivity index (χ0n) is 24.0. The number of carbonyl (C=O) groups excluding carboxylic acids is 3. The van der Waals surface area contributed by atoms with E-state index in [1.165, 1.54) is 40.0 Å². The van der Waals surface area contributed by atoms with Gasteiger partial charge in [0.1, 0.15) is 23.4 Å². The molecule has 2 aromatic carbocycles. The molecule has 45 heavy (non-hydrogen) atoms. The molecule has 13 nitrogen and oxygen atoms in total. The summed E-state index contributed by atoms with van der Waals surface area (Å²) < 4.78 is 41.5. The molecule has 4 aliphatic heterocycles. The third kappa shape index (κ3) is 5.81. The van der Waals surface area contributed by atoms with E-state index in [2.05, 4.69) is 15.7 Å². The first-order chi connectivity index (χ1) is 21.3. The number of hydrogen-bond donors (Lipinski definition) is 4. The Labute approximate surface area is 256 Å². The van der Waals surface area contributed by atoms with Crippen LogP contribution >= 0.6 is 7.60 Å².